The van der Waals surface area contributed by atoms with E-state index in [2.05, 4.69) is 11.0 Å². The largest absolute Gasteiger partial charge is 0.492 e. The number of para-hydroxylation sites is 1. The van der Waals surface area contributed by atoms with Gasteiger partial charge in [-0.25, -0.2) is 0 Å². The van der Waals surface area contributed by atoms with Gasteiger partial charge in [0.2, 0.25) is 5.91 Å². The number of hydrogen-bond donors (Lipinski definition) is 0. The second-order valence-corrected chi connectivity index (χ2v) is 6.40. The van der Waals surface area contributed by atoms with Crippen LogP contribution in [0.5, 0.6) is 5.75 Å². The summed E-state index contributed by atoms with van der Waals surface area (Å²) in [7, 11) is 0. The molecule has 0 bridgehead atoms. The van der Waals surface area contributed by atoms with Gasteiger partial charge in [0, 0.05) is 38.8 Å². The van der Waals surface area contributed by atoms with Crippen molar-refractivity contribution in [3.63, 3.8) is 0 Å². The molecule has 27 heavy (non-hydrogen) atoms. The van der Waals surface area contributed by atoms with Crippen molar-refractivity contribution < 1.29 is 9.53 Å². The van der Waals surface area contributed by atoms with Crippen molar-refractivity contribution in [2.24, 2.45) is 0 Å². The zero-order valence-electron chi connectivity index (χ0n) is 15.3. The van der Waals surface area contributed by atoms with Gasteiger partial charge in [0.1, 0.15) is 12.4 Å². The number of nitriles is 1. The molecule has 3 rings (SSSR count). The van der Waals surface area contributed by atoms with Crippen molar-refractivity contribution in [3.8, 4) is 11.8 Å². The van der Waals surface area contributed by atoms with E-state index in [1.165, 1.54) is 0 Å². The zero-order chi connectivity index (χ0) is 18.9. The Morgan fingerprint density at radius 1 is 1.04 bits per heavy atom. The van der Waals surface area contributed by atoms with E-state index >= 15 is 0 Å². The normalized spacial score (nSPS) is 14.9. The van der Waals surface area contributed by atoms with Gasteiger partial charge in [0.05, 0.1) is 11.6 Å². The van der Waals surface area contributed by atoms with Crippen LogP contribution < -0.4 is 4.74 Å². The molecule has 0 aromatic heterocycles. The molecule has 0 saturated carbocycles. The number of nitrogens with zero attached hydrogens (tertiary/aromatic N) is 3. The Balaban J connectivity index is 1.39. The number of hydrogen-bond acceptors (Lipinski definition) is 4. The highest BCUT2D eigenvalue weighted by molar-refractivity contribution is 5.91. The van der Waals surface area contributed by atoms with Crippen molar-refractivity contribution in [1.82, 2.24) is 9.80 Å². The first-order valence-corrected chi connectivity index (χ1v) is 9.12. The van der Waals surface area contributed by atoms with E-state index in [1.54, 1.807) is 24.3 Å². The summed E-state index contributed by atoms with van der Waals surface area (Å²) in [4.78, 5) is 16.5. The van der Waals surface area contributed by atoms with E-state index < -0.39 is 0 Å². The molecule has 5 heteroatoms. The molecule has 0 N–H and O–H groups in total. The molecule has 0 spiro atoms. The third kappa shape index (κ3) is 5.70. The fourth-order valence-corrected chi connectivity index (χ4v) is 2.94. The lowest BCUT2D eigenvalue weighted by Gasteiger charge is -2.34. The molecule has 0 aliphatic carbocycles. The highest BCUT2D eigenvalue weighted by Gasteiger charge is 2.19. The van der Waals surface area contributed by atoms with Crippen molar-refractivity contribution >= 4 is 12.0 Å². The molecule has 138 valence electrons. The first-order chi connectivity index (χ1) is 13.2. The molecule has 1 fully saturated rings. The van der Waals surface area contributed by atoms with Crippen LogP contribution in [0.15, 0.2) is 60.7 Å². The second kappa shape index (κ2) is 9.56. The van der Waals surface area contributed by atoms with Gasteiger partial charge in [-0.2, -0.15) is 5.26 Å². The average Bonchev–Trinajstić information content (AvgIpc) is 2.73. The Labute approximate surface area is 160 Å². The summed E-state index contributed by atoms with van der Waals surface area (Å²) in [6, 6.07) is 19.1. The first-order valence-electron chi connectivity index (χ1n) is 9.12. The zero-order valence-corrected chi connectivity index (χ0v) is 15.3. The average molecular weight is 361 g/mol. The molecule has 1 amide bonds. The van der Waals surface area contributed by atoms with Crippen LogP contribution in [0.25, 0.3) is 6.08 Å². The van der Waals surface area contributed by atoms with Crippen molar-refractivity contribution in [2.75, 3.05) is 39.3 Å². The van der Waals surface area contributed by atoms with Gasteiger partial charge in [-0.15, -0.1) is 0 Å². The lowest BCUT2D eigenvalue weighted by molar-refractivity contribution is -0.127. The van der Waals surface area contributed by atoms with Crippen molar-refractivity contribution in [2.45, 2.75) is 0 Å². The third-order valence-electron chi connectivity index (χ3n) is 4.56. The smallest absolute Gasteiger partial charge is 0.246 e. The maximum atomic E-state index is 12.3. The molecule has 0 unspecified atom stereocenters. The number of rotatable bonds is 6. The second-order valence-electron chi connectivity index (χ2n) is 6.40. The summed E-state index contributed by atoms with van der Waals surface area (Å²) in [5.74, 6) is 0.916. The van der Waals surface area contributed by atoms with Crippen LogP contribution in [0.4, 0.5) is 0 Å². The van der Waals surface area contributed by atoms with Crippen molar-refractivity contribution in [1.29, 1.82) is 5.26 Å². The molecular formula is C22H23N3O2. The predicted molar refractivity (Wildman–Crippen MR) is 105 cm³/mol. The van der Waals surface area contributed by atoms with Crippen LogP contribution in [-0.4, -0.2) is 55.0 Å². The van der Waals surface area contributed by atoms with E-state index in [0.29, 0.717) is 12.2 Å². The first kappa shape index (κ1) is 18.7. The van der Waals surface area contributed by atoms with Gasteiger partial charge in [-0.3, -0.25) is 9.69 Å². The minimum Gasteiger partial charge on any atom is -0.492 e. The van der Waals surface area contributed by atoms with E-state index in [1.807, 2.05) is 47.4 Å². The van der Waals surface area contributed by atoms with E-state index in [9.17, 15) is 4.79 Å². The van der Waals surface area contributed by atoms with Gasteiger partial charge >= 0.3 is 0 Å². The number of carbonyl (C=O) groups excluding carboxylic acids is 1. The fourth-order valence-electron chi connectivity index (χ4n) is 2.94. The molecule has 5 nitrogen and oxygen atoms in total. The molecule has 2 aromatic rings. The highest BCUT2D eigenvalue weighted by atomic mass is 16.5. The summed E-state index contributed by atoms with van der Waals surface area (Å²) in [6.45, 7) is 4.67. The van der Waals surface area contributed by atoms with Crippen LogP contribution in [-0.2, 0) is 4.79 Å². The Bertz CT molecular complexity index is 802. The Morgan fingerprint density at radius 3 is 2.41 bits per heavy atom. The molecule has 1 aliphatic heterocycles. The van der Waals surface area contributed by atoms with Gasteiger partial charge < -0.3 is 9.64 Å². The summed E-state index contributed by atoms with van der Waals surface area (Å²) in [6.07, 6.45) is 3.40. The Morgan fingerprint density at radius 2 is 1.74 bits per heavy atom. The van der Waals surface area contributed by atoms with Crippen LogP contribution in [0, 0.1) is 11.3 Å². The number of piperazine rings is 1. The minimum atomic E-state index is 0.0274. The van der Waals surface area contributed by atoms with Gasteiger partial charge in [-0.1, -0.05) is 30.3 Å². The van der Waals surface area contributed by atoms with Crippen LogP contribution >= 0.6 is 0 Å². The molecule has 1 heterocycles. The molecule has 0 atom stereocenters. The molecule has 1 saturated heterocycles. The molecule has 1 aliphatic rings. The lowest BCUT2D eigenvalue weighted by atomic mass is 10.1. The summed E-state index contributed by atoms with van der Waals surface area (Å²) < 4.78 is 5.73. The van der Waals surface area contributed by atoms with E-state index in [0.717, 1.165) is 44.0 Å². The van der Waals surface area contributed by atoms with Gasteiger partial charge in [0.15, 0.2) is 0 Å². The maximum absolute atomic E-state index is 12.3. The monoisotopic (exact) mass is 361 g/mol. The fraction of sp³-hybridized carbons (Fsp3) is 0.273. The number of ether oxygens (including phenoxy) is 1. The number of benzene rings is 2. The van der Waals surface area contributed by atoms with Crippen molar-refractivity contribution in [3.05, 3.63) is 71.8 Å². The molecule has 0 radical (unpaired) electrons. The van der Waals surface area contributed by atoms with Gasteiger partial charge in [0.25, 0.3) is 0 Å². The number of amides is 1. The molecule has 2 aromatic carbocycles. The summed E-state index contributed by atoms with van der Waals surface area (Å²) in [5, 5.41) is 8.81. The Kier molecular flexibility index (Phi) is 6.61. The predicted octanol–water partition coefficient (Wildman–Crippen LogP) is 2.79. The van der Waals surface area contributed by atoms with E-state index in [-0.39, 0.29) is 5.91 Å². The topological polar surface area (TPSA) is 56.6 Å². The minimum absolute atomic E-state index is 0.0274. The van der Waals surface area contributed by atoms with E-state index in [4.69, 9.17) is 10.00 Å². The van der Waals surface area contributed by atoms with Crippen LogP contribution in [0.3, 0.4) is 0 Å². The SMILES string of the molecule is N#Cc1ccc(/C=C/C(=O)N2CCN(CCOc3ccccc3)CC2)cc1. The van der Waals surface area contributed by atoms with Crippen LogP contribution in [0.2, 0.25) is 0 Å². The molecular weight excluding hydrogens is 338 g/mol. The van der Waals surface area contributed by atoms with Gasteiger partial charge in [-0.05, 0) is 35.9 Å². The third-order valence-corrected chi connectivity index (χ3v) is 4.56. The summed E-state index contributed by atoms with van der Waals surface area (Å²) >= 11 is 0. The quantitative estimate of drug-likeness (QED) is 0.743. The lowest BCUT2D eigenvalue weighted by Crippen LogP contribution is -2.49. The maximum Gasteiger partial charge on any atom is 0.246 e. The highest BCUT2D eigenvalue weighted by Crippen LogP contribution is 2.10. The summed E-state index contributed by atoms with van der Waals surface area (Å²) in [5.41, 5.74) is 1.53. The number of carbonyl (C=O) groups is 1. The van der Waals surface area contributed by atoms with Crippen LogP contribution in [0.1, 0.15) is 11.1 Å². The Hall–Kier alpha value is -3.10. The standard InChI is InChI=1S/C22H23N3O2/c23-18-20-8-6-19(7-9-20)10-11-22(26)25-14-12-24(13-15-25)16-17-27-21-4-2-1-3-5-21/h1-11H,12-17H2/b11-10+.